The minimum absolute atomic E-state index is 0.132. The maximum atomic E-state index is 12.5. The van der Waals surface area contributed by atoms with Crippen LogP contribution in [-0.4, -0.2) is 27.5 Å². The average Bonchev–Trinajstić information content (AvgIpc) is 2.69. The van der Waals surface area contributed by atoms with E-state index in [1.165, 1.54) is 0 Å². The molecule has 0 unspecified atom stereocenters. The molecule has 82 valence electrons. The summed E-state index contributed by atoms with van der Waals surface area (Å²) in [7, 11) is 0. The van der Waals surface area contributed by atoms with Crippen molar-refractivity contribution in [2.45, 2.75) is 12.3 Å². The third-order valence-corrected chi connectivity index (χ3v) is 2.27. The van der Waals surface area contributed by atoms with Crippen molar-refractivity contribution in [1.29, 1.82) is 0 Å². The molecule has 1 aliphatic carbocycles. The van der Waals surface area contributed by atoms with Crippen LogP contribution in [0.4, 0.5) is 8.78 Å². The van der Waals surface area contributed by atoms with Crippen molar-refractivity contribution in [3.05, 3.63) is 10.6 Å². The quantitative estimate of drug-likeness (QED) is 0.831. The predicted molar refractivity (Wildman–Crippen MR) is 48.4 cm³/mol. The highest BCUT2D eigenvalue weighted by Gasteiger charge is 2.57. The molecular weight excluding hydrogens is 251 g/mol. The van der Waals surface area contributed by atoms with Crippen molar-refractivity contribution in [2.24, 2.45) is 5.92 Å². The van der Waals surface area contributed by atoms with Crippen LogP contribution in [0.15, 0.2) is 0 Å². The zero-order valence-electron chi connectivity index (χ0n) is 7.25. The Morgan fingerprint density at radius 3 is 2.27 bits per heavy atom. The fourth-order valence-corrected chi connectivity index (χ4v) is 1.35. The molecule has 0 radical (unpaired) electrons. The van der Waals surface area contributed by atoms with E-state index >= 15 is 0 Å². The highest BCUT2D eigenvalue weighted by molar-refractivity contribution is 6.31. The van der Waals surface area contributed by atoms with Gasteiger partial charge in [-0.1, -0.05) is 0 Å². The van der Waals surface area contributed by atoms with Crippen LogP contribution in [0.25, 0.3) is 0 Å². The summed E-state index contributed by atoms with van der Waals surface area (Å²) >= 11 is 10.9. The van der Waals surface area contributed by atoms with Crippen molar-refractivity contribution in [3.63, 3.8) is 0 Å². The molecule has 0 spiro atoms. The van der Waals surface area contributed by atoms with Gasteiger partial charge in [0.25, 0.3) is 5.92 Å². The number of hydrogen-bond acceptors (Lipinski definition) is 4. The van der Waals surface area contributed by atoms with Crippen LogP contribution in [0.1, 0.15) is 6.42 Å². The molecule has 1 aromatic rings. The average molecular weight is 256 g/mol. The lowest BCUT2D eigenvalue weighted by atomic mass is 10.4. The SMILES string of the molecule is FC1(F)C[C@@H]1COc1nc(Cl)nc(Cl)n1. The Hall–Kier alpha value is -0.750. The molecule has 0 aromatic carbocycles. The maximum absolute atomic E-state index is 12.5. The molecule has 1 heterocycles. The molecule has 0 amide bonds. The van der Waals surface area contributed by atoms with Crippen molar-refractivity contribution in [3.8, 4) is 6.01 Å². The molecule has 1 atom stereocenters. The molecule has 1 saturated carbocycles. The van der Waals surface area contributed by atoms with E-state index in [1.54, 1.807) is 0 Å². The van der Waals surface area contributed by atoms with Gasteiger partial charge in [0.1, 0.15) is 6.61 Å². The fraction of sp³-hybridized carbons (Fsp3) is 0.571. The molecule has 4 nitrogen and oxygen atoms in total. The number of alkyl halides is 2. The maximum Gasteiger partial charge on any atom is 0.322 e. The van der Waals surface area contributed by atoms with Crippen LogP contribution in [-0.2, 0) is 0 Å². The fourth-order valence-electron chi connectivity index (χ4n) is 0.999. The van der Waals surface area contributed by atoms with Crippen LogP contribution >= 0.6 is 23.2 Å². The highest BCUT2D eigenvalue weighted by Crippen LogP contribution is 2.48. The van der Waals surface area contributed by atoms with E-state index in [-0.39, 0.29) is 29.6 Å². The Bertz CT molecular complexity index is 370. The summed E-state index contributed by atoms with van der Waals surface area (Å²) in [6.07, 6.45) is -0.167. The molecule has 8 heteroatoms. The zero-order valence-corrected chi connectivity index (χ0v) is 8.77. The largest absolute Gasteiger partial charge is 0.463 e. The summed E-state index contributed by atoms with van der Waals surface area (Å²) < 4.78 is 29.9. The topological polar surface area (TPSA) is 47.9 Å². The van der Waals surface area contributed by atoms with E-state index in [0.717, 1.165) is 0 Å². The summed E-state index contributed by atoms with van der Waals surface area (Å²) in [5.41, 5.74) is 0. The number of rotatable bonds is 3. The normalized spacial score (nSPS) is 22.5. The molecule has 1 fully saturated rings. The minimum atomic E-state index is -2.62. The van der Waals surface area contributed by atoms with Gasteiger partial charge in [-0.2, -0.15) is 15.0 Å². The van der Waals surface area contributed by atoms with E-state index in [0.29, 0.717) is 0 Å². The van der Waals surface area contributed by atoms with Gasteiger partial charge < -0.3 is 4.74 Å². The van der Waals surface area contributed by atoms with E-state index in [1.807, 2.05) is 0 Å². The smallest absolute Gasteiger partial charge is 0.322 e. The summed E-state index contributed by atoms with van der Waals surface area (Å²) in [6, 6.07) is -0.136. The van der Waals surface area contributed by atoms with Crippen LogP contribution < -0.4 is 4.74 Å². The summed E-state index contributed by atoms with van der Waals surface area (Å²) in [5, 5.41) is -0.264. The second-order valence-electron chi connectivity index (χ2n) is 3.13. The number of nitrogens with zero attached hydrogens (tertiary/aromatic N) is 3. The third kappa shape index (κ3) is 2.63. The standard InChI is InChI=1S/C7H5Cl2F2N3O/c8-4-12-5(9)14-6(13-4)15-2-3-1-7(3,10)11/h3H,1-2H2/t3-/m1/s1. The van der Waals surface area contributed by atoms with Crippen LogP contribution in [0.2, 0.25) is 10.6 Å². The Balaban J connectivity index is 1.94. The Labute approximate surface area is 93.6 Å². The third-order valence-electron chi connectivity index (χ3n) is 1.93. The van der Waals surface area contributed by atoms with Gasteiger partial charge in [-0.3, -0.25) is 0 Å². The molecule has 0 aliphatic heterocycles. The lowest BCUT2D eigenvalue weighted by Gasteiger charge is -2.03. The molecule has 15 heavy (non-hydrogen) atoms. The molecule has 0 N–H and O–H groups in total. The monoisotopic (exact) mass is 255 g/mol. The van der Waals surface area contributed by atoms with Gasteiger partial charge in [0, 0.05) is 6.42 Å². The molecule has 0 saturated heterocycles. The zero-order chi connectivity index (χ0) is 11.1. The van der Waals surface area contributed by atoms with Gasteiger partial charge in [0.15, 0.2) is 0 Å². The second kappa shape index (κ2) is 3.68. The number of aromatic nitrogens is 3. The Kier molecular flexibility index (Phi) is 2.64. The van der Waals surface area contributed by atoms with Crippen LogP contribution in [0.3, 0.4) is 0 Å². The van der Waals surface area contributed by atoms with E-state index in [2.05, 4.69) is 15.0 Å². The van der Waals surface area contributed by atoms with Crippen molar-refractivity contribution in [1.82, 2.24) is 15.0 Å². The molecule has 2 rings (SSSR count). The highest BCUT2D eigenvalue weighted by atomic mass is 35.5. The summed E-state index contributed by atoms with van der Waals surface area (Å²) in [5.74, 6) is -3.40. The molecule has 1 aromatic heterocycles. The van der Waals surface area contributed by atoms with Gasteiger partial charge in [-0.05, 0) is 23.2 Å². The summed E-state index contributed by atoms with van der Waals surface area (Å²) in [6.45, 7) is -0.149. The Morgan fingerprint density at radius 1 is 1.27 bits per heavy atom. The minimum Gasteiger partial charge on any atom is -0.463 e. The second-order valence-corrected chi connectivity index (χ2v) is 3.81. The molecular formula is C7H5Cl2F2N3O. The lowest BCUT2D eigenvalue weighted by molar-refractivity contribution is 0.0842. The van der Waals surface area contributed by atoms with Gasteiger partial charge in [0.2, 0.25) is 10.6 Å². The van der Waals surface area contributed by atoms with E-state index < -0.39 is 11.8 Å². The van der Waals surface area contributed by atoms with Crippen LogP contribution in [0.5, 0.6) is 6.01 Å². The predicted octanol–water partition coefficient (Wildman–Crippen LogP) is 2.21. The first-order valence-corrected chi connectivity index (χ1v) is 4.81. The van der Waals surface area contributed by atoms with Gasteiger partial charge >= 0.3 is 6.01 Å². The van der Waals surface area contributed by atoms with Crippen LogP contribution in [0, 0.1) is 5.92 Å². The lowest BCUT2D eigenvalue weighted by Crippen LogP contribution is -2.08. The number of halogens is 4. The number of hydrogen-bond donors (Lipinski definition) is 0. The van der Waals surface area contributed by atoms with Gasteiger partial charge in [-0.15, -0.1) is 0 Å². The van der Waals surface area contributed by atoms with E-state index in [9.17, 15) is 8.78 Å². The van der Waals surface area contributed by atoms with Gasteiger partial charge in [-0.25, -0.2) is 8.78 Å². The first-order valence-electron chi connectivity index (χ1n) is 4.05. The van der Waals surface area contributed by atoms with Crippen molar-refractivity contribution in [2.75, 3.05) is 6.61 Å². The number of ether oxygens (including phenoxy) is 1. The first-order chi connectivity index (χ1) is 6.97. The Morgan fingerprint density at radius 2 is 1.80 bits per heavy atom. The first kappa shape index (κ1) is 10.8. The van der Waals surface area contributed by atoms with Crippen molar-refractivity contribution >= 4 is 23.2 Å². The summed E-state index contributed by atoms with van der Waals surface area (Å²) in [4.78, 5) is 10.6. The molecule has 1 aliphatic rings. The van der Waals surface area contributed by atoms with E-state index in [4.69, 9.17) is 27.9 Å². The molecule has 0 bridgehead atoms. The van der Waals surface area contributed by atoms with Crippen molar-refractivity contribution < 1.29 is 13.5 Å². The van der Waals surface area contributed by atoms with Gasteiger partial charge in [0.05, 0.1) is 5.92 Å².